The van der Waals surface area contributed by atoms with E-state index in [1.807, 2.05) is 19.1 Å². The molecule has 4 heteroatoms. The number of benzene rings is 2. The highest BCUT2D eigenvalue weighted by molar-refractivity contribution is 5.78. The maximum atomic E-state index is 11.7. The van der Waals surface area contributed by atoms with Crippen molar-refractivity contribution in [2.24, 2.45) is 0 Å². The standard InChI is InChI=1S/C17H18O4/c1-11-7-8-16(21-2)13(9-11)14(17(19)20)10-12-5-3-4-6-15(12)18/h3-9,14,18H,10H2,1-2H3,(H,19,20). The van der Waals surface area contributed by atoms with Crippen molar-refractivity contribution in [2.75, 3.05) is 7.11 Å². The molecule has 0 saturated carbocycles. The molecule has 21 heavy (non-hydrogen) atoms. The van der Waals surface area contributed by atoms with E-state index in [0.29, 0.717) is 16.9 Å². The zero-order valence-electron chi connectivity index (χ0n) is 12.0. The summed E-state index contributed by atoms with van der Waals surface area (Å²) in [5.41, 5.74) is 2.19. The van der Waals surface area contributed by atoms with Crippen LogP contribution in [0.5, 0.6) is 11.5 Å². The van der Waals surface area contributed by atoms with Gasteiger partial charge in [-0.25, -0.2) is 0 Å². The van der Waals surface area contributed by atoms with Crippen molar-refractivity contribution in [3.05, 3.63) is 59.2 Å². The number of ether oxygens (including phenoxy) is 1. The molecule has 0 heterocycles. The molecule has 2 N–H and O–H groups in total. The SMILES string of the molecule is COc1ccc(C)cc1C(Cc1ccccc1O)C(=O)O. The van der Waals surface area contributed by atoms with Crippen molar-refractivity contribution < 1.29 is 19.7 Å². The van der Waals surface area contributed by atoms with Gasteiger partial charge in [0.2, 0.25) is 0 Å². The fourth-order valence-electron chi connectivity index (χ4n) is 2.36. The van der Waals surface area contributed by atoms with E-state index in [0.717, 1.165) is 5.56 Å². The maximum absolute atomic E-state index is 11.7. The molecule has 0 bridgehead atoms. The van der Waals surface area contributed by atoms with E-state index in [9.17, 15) is 15.0 Å². The number of hydrogen-bond acceptors (Lipinski definition) is 3. The predicted molar refractivity (Wildman–Crippen MR) is 79.9 cm³/mol. The Kier molecular flexibility index (Phi) is 4.48. The molecule has 110 valence electrons. The number of phenolic OH excluding ortho intramolecular Hbond substituents is 1. The molecule has 0 aliphatic heterocycles. The van der Waals surface area contributed by atoms with E-state index < -0.39 is 11.9 Å². The first-order valence-corrected chi connectivity index (χ1v) is 6.67. The van der Waals surface area contributed by atoms with Gasteiger partial charge in [-0.05, 0) is 31.0 Å². The van der Waals surface area contributed by atoms with Crippen LogP contribution in [0.2, 0.25) is 0 Å². The van der Waals surface area contributed by atoms with E-state index in [2.05, 4.69) is 0 Å². The quantitative estimate of drug-likeness (QED) is 0.886. The normalized spacial score (nSPS) is 11.9. The van der Waals surface area contributed by atoms with Gasteiger partial charge in [0.1, 0.15) is 11.5 Å². The number of hydrogen-bond donors (Lipinski definition) is 2. The van der Waals surface area contributed by atoms with E-state index in [1.165, 1.54) is 7.11 Å². The second-order valence-electron chi connectivity index (χ2n) is 4.97. The number of carboxylic acids is 1. The summed E-state index contributed by atoms with van der Waals surface area (Å²) in [5, 5.41) is 19.4. The van der Waals surface area contributed by atoms with Gasteiger partial charge in [-0.1, -0.05) is 35.9 Å². The van der Waals surface area contributed by atoms with E-state index >= 15 is 0 Å². The average molecular weight is 286 g/mol. The van der Waals surface area contributed by atoms with Gasteiger partial charge in [0.15, 0.2) is 0 Å². The van der Waals surface area contributed by atoms with Crippen LogP contribution in [0.15, 0.2) is 42.5 Å². The van der Waals surface area contributed by atoms with Crippen LogP contribution >= 0.6 is 0 Å². The molecule has 1 atom stereocenters. The molecule has 4 nitrogen and oxygen atoms in total. The monoisotopic (exact) mass is 286 g/mol. The smallest absolute Gasteiger partial charge is 0.311 e. The summed E-state index contributed by atoms with van der Waals surface area (Å²) in [4.78, 5) is 11.7. The molecule has 0 aliphatic rings. The van der Waals surface area contributed by atoms with Crippen LogP contribution in [0.25, 0.3) is 0 Å². The summed E-state index contributed by atoms with van der Waals surface area (Å²) in [6, 6.07) is 12.2. The van der Waals surface area contributed by atoms with Crippen molar-refractivity contribution in [2.45, 2.75) is 19.3 Å². The summed E-state index contributed by atoms with van der Waals surface area (Å²) in [6.45, 7) is 1.90. The number of carboxylic acid groups (broad SMARTS) is 1. The average Bonchev–Trinajstić information content (AvgIpc) is 2.46. The lowest BCUT2D eigenvalue weighted by Crippen LogP contribution is -2.15. The Morgan fingerprint density at radius 1 is 1.24 bits per heavy atom. The van der Waals surface area contributed by atoms with Crippen LogP contribution in [-0.4, -0.2) is 23.3 Å². The minimum absolute atomic E-state index is 0.107. The van der Waals surface area contributed by atoms with Gasteiger partial charge in [0, 0.05) is 5.56 Å². The number of rotatable bonds is 5. The molecule has 2 rings (SSSR count). The summed E-state index contributed by atoms with van der Waals surface area (Å²) in [5.74, 6) is -1.06. The molecule has 0 aliphatic carbocycles. The Bertz CT molecular complexity index is 649. The highest BCUT2D eigenvalue weighted by Crippen LogP contribution is 2.32. The largest absolute Gasteiger partial charge is 0.508 e. The molecule has 0 spiro atoms. The van der Waals surface area contributed by atoms with Gasteiger partial charge in [0.25, 0.3) is 0 Å². The first-order chi connectivity index (χ1) is 10.0. The third-order valence-corrected chi connectivity index (χ3v) is 3.47. The fraction of sp³-hybridized carbons (Fsp3) is 0.235. The van der Waals surface area contributed by atoms with Crippen LogP contribution < -0.4 is 4.74 Å². The Morgan fingerprint density at radius 3 is 2.57 bits per heavy atom. The molecule has 0 radical (unpaired) electrons. The zero-order chi connectivity index (χ0) is 15.4. The molecular formula is C17H18O4. The van der Waals surface area contributed by atoms with Crippen LogP contribution in [-0.2, 0) is 11.2 Å². The Balaban J connectivity index is 2.43. The summed E-state index contributed by atoms with van der Waals surface area (Å²) in [7, 11) is 1.52. The molecule has 1 unspecified atom stereocenters. The van der Waals surface area contributed by atoms with Gasteiger partial charge in [-0.3, -0.25) is 4.79 Å². The fourth-order valence-corrected chi connectivity index (χ4v) is 2.36. The first-order valence-electron chi connectivity index (χ1n) is 6.67. The van der Waals surface area contributed by atoms with Gasteiger partial charge in [-0.2, -0.15) is 0 Å². The number of aryl methyl sites for hydroxylation is 1. The summed E-state index contributed by atoms with van der Waals surface area (Å²) < 4.78 is 5.27. The van der Waals surface area contributed by atoms with Crippen LogP contribution in [0.3, 0.4) is 0 Å². The number of aromatic hydroxyl groups is 1. The Hall–Kier alpha value is -2.49. The lowest BCUT2D eigenvalue weighted by Gasteiger charge is -2.17. The number of para-hydroxylation sites is 1. The number of methoxy groups -OCH3 is 1. The van der Waals surface area contributed by atoms with Crippen molar-refractivity contribution in [3.8, 4) is 11.5 Å². The van der Waals surface area contributed by atoms with Crippen LogP contribution in [0, 0.1) is 6.92 Å². The van der Waals surface area contributed by atoms with E-state index in [1.54, 1.807) is 30.3 Å². The molecule has 0 aromatic heterocycles. The minimum atomic E-state index is -0.942. The molecule has 2 aromatic carbocycles. The van der Waals surface area contributed by atoms with Gasteiger partial charge in [-0.15, -0.1) is 0 Å². The predicted octanol–water partition coefficient (Wildman–Crippen LogP) is 3.12. The van der Waals surface area contributed by atoms with Crippen LogP contribution in [0.4, 0.5) is 0 Å². The highest BCUT2D eigenvalue weighted by atomic mass is 16.5. The lowest BCUT2D eigenvalue weighted by atomic mass is 9.90. The number of aliphatic carboxylic acids is 1. The number of phenols is 1. The maximum Gasteiger partial charge on any atom is 0.311 e. The third-order valence-electron chi connectivity index (χ3n) is 3.47. The van der Waals surface area contributed by atoms with Crippen molar-refractivity contribution in [1.82, 2.24) is 0 Å². The van der Waals surface area contributed by atoms with Gasteiger partial charge in [0.05, 0.1) is 13.0 Å². The first kappa shape index (κ1) is 14.9. The second-order valence-corrected chi connectivity index (χ2v) is 4.97. The molecule has 0 saturated heterocycles. The molecule has 0 fully saturated rings. The minimum Gasteiger partial charge on any atom is -0.508 e. The van der Waals surface area contributed by atoms with Crippen LogP contribution in [0.1, 0.15) is 22.6 Å². The molecule has 0 amide bonds. The topological polar surface area (TPSA) is 66.8 Å². The van der Waals surface area contributed by atoms with E-state index in [4.69, 9.17) is 4.74 Å². The van der Waals surface area contributed by atoms with Crippen molar-refractivity contribution in [1.29, 1.82) is 0 Å². The second kappa shape index (κ2) is 6.31. The highest BCUT2D eigenvalue weighted by Gasteiger charge is 2.25. The van der Waals surface area contributed by atoms with Gasteiger partial charge < -0.3 is 14.9 Å². The summed E-state index contributed by atoms with van der Waals surface area (Å²) in [6.07, 6.45) is 0.210. The van der Waals surface area contributed by atoms with Crippen molar-refractivity contribution >= 4 is 5.97 Å². The lowest BCUT2D eigenvalue weighted by molar-refractivity contribution is -0.138. The Morgan fingerprint density at radius 2 is 1.95 bits per heavy atom. The van der Waals surface area contributed by atoms with Gasteiger partial charge >= 0.3 is 5.97 Å². The van der Waals surface area contributed by atoms with E-state index in [-0.39, 0.29) is 12.2 Å². The molecular weight excluding hydrogens is 268 g/mol. The third kappa shape index (κ3) is 3.34. The van der Waals surface area contributed by atoms with Crippen molar-refractivity contribution in [3.63, 3.8) is 0 Å². The zero-order valence-corrected chi connectivity index (χ0v) is 12.0. The summed E-state index contributed by atoms with van der Waals surface area (Å²) >= 11 is 0. The number of carbonyl (C=O) groups is 1. The Labute approximate surface area is 123 Å². The molecule has 2 aromatic rings.